The Morgan fingerprint density at radius 2 is 2.18 bits per heavy atom. The molecule has 0 radical (unpaired) electrons. The second kappa shape index (κ2) is 4.78. The zero-order chi connectivity index (χ0) is 11.9. The van der Waals surface area contributed by atoms with Crippen LogP contribution in [0.5, 0.6) is 0 Å². The van der Waals surface area contributed by atoms with Gasteiger partial charge < -0.3 is 0 Å². The van der Waals surface area contributed by atoms with Crippen molar-refractivity contribution < 1.29 is 4.79 Å². The Hall–Kier alpha value is 0.320. The van der Waals surface area contributed by atoms with Crippen molar-refractivity contribution in [3.8, 4) is 0 Å². The molecule has 3 fully saturated rings. The average Bonchev–Trinajstić information content (AvgIpc) is 3.11. The van der Waals surface area contributed by atoms with Crippen LogP contribution >= 0.6 is 19.8 Å². The molecule has 0 amide bonds. The Morgan fingerprint density at radius 3 is 2.94 bits per heavy atom. The molecule has 2 heterocycles. The van der Waals surface area contributed by atoms with Gasteiger partial charge in [0.25, 0.3) is 0 Å². The number of fused-ring (bicyclic) bond motifs is 1. The van der Waals surface area contributed by atoms with Gasteiger partial charge in [0.05, 0.1) is 0 Å². The number of hydrogen-bond acceptors (Lipinski definition) is 3. The fourth-order valence-corrected chi connectivity index (χ4v) is 9.27. The Bertz CT molecular complexity index is 319. The summed E-state index contributed by atoms with van der Waals surface area (Å²) in [7, 11) is 0. The fraction of sp³-hybridized carbons (Fsp3) is 0.923. The van der Waals surface area contributed by atoms with Gasteiger partial charge in [-0.15, -0.1) is 0 Å². The van der Waals surface area contributed by atoms with Gasteiger partial charge in [0.1, 0.15) is 0 Å². The first-order chi connectivity index (χ1) is 8.17. The molecule has 3 aliphatic rings. The number of rotatable bonds is 3. The molecule has 2 N–H and O–H groups in total. The van der Waals surface area contributed by atoms with E-state index in [2.05, 4.69) is 4.90 Å². The van der Waals surface area contributed by atoms with Crippen LogP contribution in [0.1, 0.15) is 38.5 Å². The van der Waals surface area contributed by atoms with Crippen LogP contribution in [0.3, 0.4) is 0 Å². The van der Waals surface area contributed by atoms with Crippen molar-refractivity contribution in [1.29, 1.82) is 0 Å². The van der Waals surface area contributed by atoms with Gasteiger partial charge in [-0.1, -0.05) is 0 Å². The van der Waals surface area contributed by atoms with Crippen LogP contribution in [0.25, 0.3) is 0 Å². The van der Waals surface area contributed by atoms with E-state index < -0.39 is 19.8 Å². The van der Waals surface area contributed by atoms with Gasteiger partial charge >= 0.3 is 111 Å². The Kier molecular flexibility index (Phi) is 3.47. The molecular formula is C13H23IN2O. The van der Waals surface area contributed by atoms with Gasteiger partial charge in [-0.2, -0.15) is 0 Å². The molecule has 2 saturated heterocycles. The number of nitrogens with zero attached hydrogens (tertiary/aromatic N) is 1. The average molecular weight is 350 g/mol. The third kappa shape index (κ3) is 2.68. The Labute approximate surface area is 111 Å². The van der Waals surface area contributed by atoms with E-state index in [1.54, 1.807) is 0 Å². The molecule has 0 aromatic heterocycles. The van der Waals surface area contributed by atoms with E-state index in [-0.39, 0.29) is 5.66 Å². The molecule has 1 atom stereocenters. The van der Waals surface area contributed by atoms with Gasteiger partial charge in [-0.3, -0.25) is 0 Å². The zero-order valence-electron chi connectivity index (χ0n) is 10.5. The van der Waals surface area contributed by atoms with E-state index in [4.69, 9.17) is 5.73 Å². The number of hydrogen-bond donors (Lipinski definition) is 1. The summed E-state index contributed by atoms with van der Waals surface area (Å²) < 4.78 is 2.93. The molecule has 0 aromatic rings. The van der Waals surface area contributed by atoms with E-state index in [9.17, 15) is 4.79 Å². The molecule has 3 rings (SSSR count). The topological polar surface area (TPSA) is 46.3 Å². The summed E-state index contributed by atoms with van der Waals surface area (Å²) >= 11 is -1.39. The number of halogens is 1. The van der Waals surface area contributed by atoms with E-state index in [1.165, 1.54) is 30.1 Å². The quantitative estimate of drug-likeness (QED) is 0.481. The van der Waals surface area contributed by atoms with E-state index in [0.717, 1.165) is 36.3 Å². The standard InChI is InChI=1S/C13H23IN2O/c15-13-5-1-2-7-16(13)8-6-14(10-13)12(17)9-11-3-4-11/h11H,1-10,15H2. The van der Waals surface area contributed by atoms with Gasteiger partial charge in [0, 0.05) is 0 Å². The molecular weight excluding hydrogens is 327 g/mol. The van der Waals surface area contributed by atoms with Crippen molar-refractivity contribution in [2.75, 3.05) is 21.9 Å². The maximum atomic E-state index is 12.3. The number of carbonyl (C=O) groups is 1. The number of alkyl halides is 2. The van der Waals surface area contributed by atoms with E-state index >= 15 is 0 Å². The predicted octanol–water partition coefficient (Wildman–Crippen LogP) is 1.97. The maximum absolute atomic E-state index is 12.3. The van der Waals surface area contributed by atoms with Gasteiger partial charge in [0.15, 0.2) is 0 Å². The SMILES string of the molecule is NC12CCCCN1CCI(C(=O)CC1CC1)C2. The van der Waals surface area contributed by atoms with Gasteiger partial charge in [0.2, 0.25) is 0 Å². The first-order valence-corrected chi connectivity index (χ1v) is 11.0. The van der Waals surface area contributed by atoms with Crippen LogP contribution in [0, 0.1) is 5.92 Å². The minimum atomic E-state index is -1.39. The van der Waals surface area contributed by atoms with Crippen molar-refractivity contribution >= 4 is 23.6 Å². The van der Waals surface area contributed by atoms with Crippen LogP contribution in [-0.2, 0) is 4.79 Å². The second-order valence-corrected chi connectivity index (χ2v) is 11.5. The first-order valence-electron chi connectivity index (χ1n) is 6.86. The van der Waals surface area contributed by atoms with Crippen molar-refractivity contribution in [3.05, 3.63) is 0 Å². The molecule has 0 bridgehead atoms. The molecule has 17 heavy (non-hydrogen) atoms. The molecule has 1 saturated carbocycles. The monoisotopic (exact) mass is 350 g/mol. The molecule has 1 unspecified atom stereocenters. The van der Waals surface area contributed by atoms with Crippen molar-refractivity contribution in [1.82, 2.24) is 4.90 Å². The third-order valence-electron chi connectivity index (χ3n) is 4.34. The summed E-state index contributed by atoms with van der Waals surface area (Å²) in [6.07, 6.45) is 7.18. The molecule has 98 valence electrons. The predicted molar refractivity (Wildman–Crippen MR) is 78.4 cm³/mol. The second-order valence-electron chi connectivity index (χ2n) is 5.83. The molecule has 3 nitrogen and oxygen atoms in total. The molecule has 4 heteroatoms. The normalized spacial score (nSPS) is 36.6. The third-order valence-corrected chi connectivity index (χ3v) is 10.5. The summed E-state index contributed by atoms with van der Waals surface area (Å²) in [4.78, 5) is 14.7. The molecule has 2 aliphatic heterocycles. The summed E-state index contributed by atoms with van der Waals surface area (Å²) in [5, 5.41) is 0. The van der Waals surface area contributed by atoms with E-state index in [1.807, 2.05) is 0 Å². The minimum absolute atomic E-state index is 0.0828. The van der Waals surface area contributed by atoms with Crippen LogP contribution < -0.4 is 5.73 Å². The number of carbonyl (C=O) groups excluding carboxylic acids is 1. The van der Waals surface area contributed by atoms with Gasteiger partial charge in [-0.05, 0) is 0 Å². The first kappa shape index (κ1) is 12.4. The van der Waals surface area contributed by atoms with Crippen molar-refractivity contribution in [2.45, 2.75) is 44.2 Å². The number of piperidine rings is 1. The molecule has 0 spiro atoms. The van der Waals surface area contributed by atoms with Crippen molar-refractivity contribution in [3.63, 3.8) is 0 Å². The van der Waals surface area contributed by atoms with Crippen molar-refractivity contribution in [2.24, 2.45) is 11.7 Å². The fourth-order valence-electron chi connectivity index (χ4n) is 2.99. The molecule has 0 aromatic carbocycles. The van der Waals surface area contributed by atoms with Crippen LogP contribution in [0.2, 0.25) is 0 Å². The van der Waals surface area contributed by atoms with Crippen LogP contribution in [0.15, 0.2) is 0 Å². The number of nitrogens with two attached hydrogens (primary N) is 1. The summed E-state index contributed by atoms with van der Waals surface area (Å²) in [6, 6.07) is 0. The summed E-state index contributed by atoms with van der Waals surface area (Å²) in [5.41, 5.74) is 6.47. The zero-order valence-corrected chi connectivity index (χ0v) is 12.6. The Morgan fingerprint density at radius 1 is 1.35 bits per heavy atom. The van der Waals surface area contributed by atoms with Crippen LogP contribution in [-0.4, -0.2) is 36.3 Å². The summed E-state index contributed by atoms with van der Waals surface area (Å²) in [5.74, 6) is 0.762. The Balaban J connectivity index is 1.62. The van der Waals surface area contributed by atoms with Crippen LogP contribution in [0.4, 0.5) is 0 Å². The molecule has 1 aliphatic carbocycles. The summed E-state index contributed by atoms with van der Waals surface area (Å²) in [6.45, 7) is 2.27. The van der Waals surface area contributed by atoms with E-state index in [0.29, 0.717) is 3.79 Å². The van der Waals surface area contributed by atoms with Gasteiger partial charge in [-0.25, -0.2) is 0 Å².